The van der Waals surface area contributed by atoms with Crippen molar-refractivity contribution in [3.05, 3.63) is 35.9 Å². The first-order chi connectivity index (χ1) is 9.63. The average molecular weight is 275 g/mol. The maximum absolute atomic E-state index is 5.28. The average Bonchev–Trinajstić information content (AvgIpc) is 2.88. The van der Waals surface area contributed by atoms with Crippen LogP contribution in [-0.2, 0) is 6.54 Å². The number of nitrogens with one attached hydrogen (secondary N) is 2. The second-order valence-corrected chi connectivity index (χ2v) is 4.88. The van der Waals surface area contributed by atoms with Gasteiger partial charge in [0, 0.05) is 24.8 Å². The Hall–Kier alpha value is -2.08. The predicted molar refractivity (Wildman–Crippen MR) is 79.8 cm³/mol. The first kappa shape index (κ1) is 14.3. The fourth-order valence-corrected chi connectivity index (χ4v) is 1.72. The van der Waals surface area contributed by atoms with Crippen molar-refractivity contribution in [2.75, 3.05) is 37.8 Å². The highest BCUT2D eigenvalue weighted by Crippen LogP contribution is 2.11. The van der Waals surface area contributed by atoms with Crippen LogP contribution in [0.15, 0.2) is 28.9 Å². The minimum Gasteiger partial charge on any atom is -0.467 e. The third-order valence-corrected chi connectivity index (χ3v) is 2.72. The molecule has 2 heterocycles. The molecule has 2 N–H and O–H groups in total. The standard InChI is InChI=1S/C14H21N5O/c1-11-9-13(16-10-12-5-4-8-20-12)18-14(17-11)15-6-7-19(2)3/h4-5,8-9H,6-7,10H2,1-3H3,(H2,15,16,17,18). The second kappa shape index (κ2) is 6.91. The summed E-state index contributed by atoms with van der Waals surface area (Å²) in [5.41, 5.74) is 0.925. The Labute approximate surface area is 119 Å². The van der Waals surface area contributed by atoms with Crippen LogP contribution in [0.5, 0.6) is 0 Å². The normalized spacial score (nSPS) is 10.8. The molecule has 0 saturated heterocycles. The molecule has 108 valence electrons. The zero-order valence-corrected chi connectivity index (χ0v) is 12.2. The molecule has 0 aliphatic heterocycles. The minimum atomic E-state index is 0.612. The highest BCUT2D eigenvalue weighted by Gasteiger charge is 2.03. The van der Waals surface area contributed by atoms with Gasteiger partial charge < -0.3 is 20.0 Å². The van der Waals surface area contributed by atoms with E-state index < -0.39 is 0 Å². The molecule has 0 spiro atoms. The third-order valence-electron chi connectivity index (χ3n) is 2.72. The third kappa shape index (κ3) is 4.55. The van der Waals surface area contributed by atoms with Crippen molar-refractivity contribution in [2.24, 2.45) is 0 Å². The SMILES string of the molecule is Cc1cc(NCc2ccco2)nc(NCCN(C)C)n1. The Morgan fingerprint density at radius 2 is 2.10 bits per heavy atom. The Morgan fingerprint density at radius 3 is 2.80 bits per heavy atom. The van der Waals surface area contributed by atoms with Crippen LogP contribution in [0.2, 0.25) is 0 Å². The number of furan rings is 1. The summed E-state index contributed by atoms with van der Waals surface area (Å²) in [6, 6.07) is 5.72. The lowest BCUT2D eigenvalue weighted by Crippen LogP contribution is -2.21. The number of aromatic nitrogens is 2. The molecular formula is C14H21N5O. The van der Waals surface area contributed by atoms with Gasteiger partial charge in [-0.25, -0.2) is 4.98 Å². The van der Waals surface area contributed by atoms with Crippen LogP contribution in [-0.4, -0.2) is 42.1 Å². The molecule has 0 saturated carbocycles. The molecule has 2 rings (SSSR count). The molecular weight excluding hydrogens is 254 g/mol. The largest absolute Gasteiger partial charge is 0.467 e. The smallest absolute Gasteiger partial charge is 0.224 e. The van der Waals surface area contributed by atoms with Crippen LogP contribution in [0.1, 0.15) is 11.5 Å². The van der Waals surface area contributed by atoms with Gasteiger partial charge in [0.2, 0.25) is 5.95 Å². The van der Waals surface area contributed by atoms with Crippen LogP contribution in [0, 0.1) is 6.92 Å². The molecule has 2 aromatic heterocycles. The van der Waals surface area contributed by atoms with E-state index in [0.29, 0.717) is 12.5 Å². The monoisotopic (exact) mass is 275 g/mol. The number of rotatable bonds is 7. The first-order valence-corrected chi connectivity index (χ1v) is 6.64. The number of likely N-dealkylation sites (N-methyl/N-ethyl adjacent to an activating group) is 1. The van der Waals surface area contributed by atoms with E-state index in [1.54, 1.807) is 6.26 Å². The molecule has 0 fully saturated rings. The topological polar surface area (TPSA) is 66.2 Å². The minimum absolute atomic E-state index is 0.612. The number of nitrogens with zero attached hydrogens (tertiary/aromatic N) is 3. The van der Waals surface area contributed by atoms with Gasteiger partial charge in [0.15, 0.2) is 0 Å². The lowest BCUT2D eigenvalue weighted by molar-refractivity contribution is 0.425. The van der Waals surface area contributed by atoms with Gasteiger partial charge in [0.1, 0.15) is 11.6 Å². The molecule has 2 aromatic rings. The highest BCUT2D eigenvalue weighted by atomic mass is 16.3. The van der Waals surface area contributed by atoms with Gasteiger partial charge in [-0.2, -0.15) is 4.98 Å². The maximum atomic E-state index is 5.28. The van der Waals surface area contributed by atoms with E-state index in [-0.39, 0.29) is 0 Å². The van der Waals surface area contributed by atoms with Crippen LogP contribution in [0.4, 0.5) is 11.8 Å². The summed E-state index contributed by atoms with van der Waals surface area (Å²) in [5, 5.41) is 6.46. The van der Waals surface area contributed by atoms with Crippen molar-refractivity contribution in [3.63, 3.8) is 0 Å². The van der Waals surface area contributed by atoms with E-state index in [1.165, 1.54) is 0 Å². The summed E-state index contributed by atoms with van der Waals surface area (Å²) in [7, 11) is 4.07. The summed E-state index contributed by atoms with van der Waals surface area (Å²) in [4.78, 5) is 10.9. The number of anilines is 2. The van der Waals surface area contributed by atoms with Gasteiger partial charge in [-0.15, -0.1) is 0 Å². The molecule has 0 amide bonds. The van der Waals surface area contributed by atoms with Crippen molar-refractivity contribution < 1.29 is 4.42 Å². The molecule has 0 aliphatic rings. The van der Waals surface area contributed by atoms with Gasteiger partial charge in [-0.1, -0.05) is 0 Å². The van der Waals surface area contributed by atoms with Gasteiger partial charge in [0.05, 0.1) is 12.8 Å². The zero-order chi connectivity index (χ0) is 14.4. The van der Waals surface area contributed by atoms with Gasteiger partial charge >= 0.3 is 0 Å². The van der Waals surface area contributed by atoms with Gasteiger partial charge in [0.25, 0.3) is 0 Å². The highest BCUT2D eigenvalue weighted by molar-refractivity contribution is 5.42. The first-order valence-electron chi connectivity index (χ1n) is 6.64. The van der Waals surface area contributed by atoms with E-state index in [9.17, 15) is 0 Å². The van der Waals surface area contributed by atoms with Crippen LogP contribution in [0.25, 0.3) is 0 Å². The summed E-state index contributed by atoms with van der Waals surface area (Å²) in [6.07, 6.45) is 1.66. The summed E-state index contributed by atoms with van der Waals surface area (Å²) >= 11 is 0. The van der Waals surface area contributed by atoms with E-state index in [2.05, 4.69) is 25.5 Å². The van der Waals surface area contributed by atoms with Crippen molar-refractivity contribution >= 4 is 11.8 Å². The van der Waals surface area contributed by atoms with E-state index in [1.807, 2.05) is 39.2 Å². The molecule has 6 heteroatoms. The van der Waals surface area contributed by atoms with E-state index >= 15 is 0 Å². The molecule has 0 radical (unpaired) electrons. The van der Waals surface area contributed by atoms with E-state index in [4.69, 9.17) is 4.42 Å². The van der Waals surface area contributed by atoms with Crippen molar-refractivity contribution in [1.82, 2.24) is 14.9 Å². The van der Waals surface area contributed by atoms with E-state index in [0.717, 1.165) is 30.4 Å². The molecule has 0 aromatic carbocycles. The lowest BCUT2D eigenvalue weighted by Gasteiger charge is -2.12. The summed E-state index contributed by atoms with van der Waals surface area (Å²) in [6.45, 7) is 4.32. The fourth-order valence-electron chi connectivity index (χ4n) is 1.72. The Kier molecular flexibility index (Phi) is 4.95. The van der Waals surface area contributed by atoms with Crippen molar-refractivity contribution in [1.29, 1.82) is 0 Å². The van der Waals surface area contributed by atoms with Crippen LogP contribution >= 0.6 is 0 Å². The number of hydrogen-bond donors (Lipinski definition) is 2. The Balaban J connectivity index is 1.93. The molecule has 0 aliphatic carbocycles. The zero-order valence-electron chi connectivity index (χ0n) is 12.2. The molecule has 0 unspecified atom stereocenters. The number of aryl methyl sites for hydroxylation is 1. The van der Waals surface area contributed by atoms with Gasteiger partial charge in [-0.05, 0) is 33.2 Å². The lowest BCUT2D eigenvalue weighted by atomic mass is 10.4. The summed E-state index contributed by atoms with van der Waals surface area (Å²) < 4.78 is 5.28. The Morgan fingerprint density at radius 1 is 1.25 bits per heavy atom. The van der Waals surface area contributed by atoms with Crippen LogP contribution in [0.3, 0.4) is 0 Å². The molecule has 20 heavy (non-hydrogen) atoms. The van der Waals surface area contributed by atoms with Gasteiger partial charge in [-0.3, -0.25) is 0 Å². The summed E-state index contributed by atoms with van der Waals surface area (Å²) in [5.74, 6) is 2.32. The Bertz CT molecular complexity index is 524. The van der Waals surface area contributed by atoms with Crippen LogP contribution < -0.4 is 10.6 Å². The van der Waals surface area contributed by atoms with Crippen molar-refractivity contribution in [3.8, 4) is 0 Å². The quantitative estimate of drug-likeness (QED) is 0.805. The van der Waals surface area contributed by atoms with Crippen molar-refractivity contribution in [2.45, 2.75) is 13.5 Å². The maximum Gasteiger partial charge on any atom is 0.224 e. The fraction of sp³-hybridized carbons (Fsp3) is 0.429. The molecule has 0 bridgehead atoms. The molecule has 6 nitrogen and oxygen atoms in total. The predicted octanol–water partition coefficient (Wildman–Crippen LogP) is 1.96. The second-order valence-electron chi connectivity index (χ2n) is 4.88. The number of hydrogen-bond acceptors (Lipinski definition) is 6. The molecule has 0 atom stereocenters.